The van der Waals surface area contributed by atoms with E-state index in [4.69, 9.17) is 0 Å². The average Bonchev–Trinajstić information content (AvgIpc) is 2.63. The Morgan fingerprint density at radius 1 is 0.897 bits per heavy atom. The van der Waals surface area contributed by atoms with E-state index in [-0.39, 0.29) is 23.0 Å². The monoisotopic (exact) mass is 387 g/mol. The highest BCUT2D eigenvalue weighted by molar-refractivity contribution is 6.08. The molecule has 150 valence electrons. The van der Waals surface area contributed by atoms with Gasteiger partial charge in [-0.15, -0.1) is 0 Å². The second kappa shape index (κ2) is 6.98. The maximum atomic E-state index is 13.5. The van der Waals surface area contributed by atoms with Gasteiger partial charge in [0, 0.05) is 30.0 Å². The molecule has 3 nitrogen and oxygen atoms in total. The zero-order valence-corrected chi connectivity index (χ0v) is 18.0. The summed E-state index contributed by atoms with van der Waals surface area (Å²) in [6, 6.07) is 14.4. The van der Waals surface area contributed by atoms with Gasteiger partial charge in [0.2, 0.25) is 5.91 Å². The molecule has 4 rings (SSSR count). The molecule has 3 heteroatoms. The highest BCUT2D eigenvalue weighted by atomic mass is 16.2. The number of hydrogen-bond acceptors (Lipinski definition) is 2. The Bertz CT molecular complexity index is 1030. The van der Waals surface area contributed by atoms with Gasteiger partial charge in [-0.25, -0.2) is 0 Å². The van der Waals surface area contributed by atoms with Crippen LogP contribution in [0, 0.1) is 26.2 Å². The minimum absolute atomic E-state index is 0.0773. The van der Waals surface area contributed by atoms with Crippen LogP contribution in [0.1, 0.15) is 61.3 Å². The van der Waals surface area contributed by atoms with Gasteiger partial charge in [0.05, 0.1) is 5.69 Å². The molecule has 0 bridgehead atoms. The first-order valence-corrected chi connectivity index (χ1v) is 10.4. The van der Waals surface area contributed by atoms with Crippen molar-refractivity contribution in [3.63, 3.8) is 0 Å². The van der Waals surface area contributed by atoms with Crippen molar-refractivity contribution < 1.29 is 9.59 Å². The van der Waals surface area contributed by atoms with Crippen LogP contribution in [0.2, 0.25) is 0 Å². The first-order valence-electron chi connectivity index (χ1n) is 10.4. The summed E-state index contributed by atoms with van der Waals surface area (Å²) in [5.74, 6) is 0.112. The fraction of sp³-hybridized carbons (Fsp3) is 0.385. The summed E-state index contributed by atoms with van der Waals surface area (Å²) in [5, 5.41) is 0. The van der Waals surface area contributed by atoms with Crippen LogP contribution >= 0.6 is 0 Å². The maximum absolute atomic E-state index is 13.5. The number of rotatable bonds is 2. The molecule has 1 atom stereocenters. The van der Waals surface area contributed by atoms with Crippen molar-refractivity contribution in [2.24, 2.45) is 5.41 Å². The zero-order valence-electron chi connectivity index (χ0n) is 18.0. The molecule has 0 saturated heterocycles. The van der Waals surface area contributed by atoms with Crippen LogP contribution in [0.5, 0.6) is 0 Å². The number of hydrogen-bond donors (Lipinski definition) is 0. The minimum Gasteiger partial charge on any atom is -0.294 e. The summed E-state index contributed by atoms with van der Waals surface area (Å²) in [5.41, 5.74) is 6.92. The highest BCUT2D eigenvalue weighted by Crippen LogP contribution is 2.48. The number of benzene rings is 2. The van der Waals surface area contributed by atoms with Gasteiger partial charge < -0.3 is 0 Å². The van der Waals surface area contributed by atoms with Crippen molar-refractivity contribution in [2.45, 2.75) is 59.8 Å². The summed E-state index contributed by atoms with van der Waals surface area (Å²) < 4.78 is 0. The predicted octanol–water partition coefficient (Wildman–Crippen LogP) is 5.78. The number of anilines is 1. The van der Waals surface area contributed by atoms with Crippen molar-refractivity contribution in [3.05, 3.63) is 76.0 Å². The van der Waals surface area contributed by atoms with Crippen molar-refractivity contribution in [1.82, 2.24) is 0 Å². The molecule has 0 fully saturated rings. The standard InChI is InChI=1S/C26H29NO2/c1-16-7-10-19(11-8-16)20-13-24(29)27(21-12-17(2)6-9-18(21)3)22-14-26(4,5)15-23(28)25(20)22/h6-12,20H,13-15H2,1-5H3. The molecule has 0 saturated carbocycles. The fourth-order valence-corrected chi connectivity index (χ4v) is 4.74. The van der Waals surface area contributed by atoms with E-state index < -0.39 is 0 Å². The summed E-state index contributed by atoms with van der Waals surface area (Å²) >= 11 is 0. The van der Waals surface area contributed by atoms with Crippen LogP contribution in [0.4, 0.5) is 5.69 Å². The number of ketones is 1. The molecule has 0 radical (unpaired) electrons. The molecule has 2 aliphatic rings. The van der Waals surface area contributed by atoms with E-state index in [9.17, 15) is 9.59 Å². The van der Waals surface area contributed by atoms with Crippen LogP contribution in [0.3, 0.4) is 0 Å². The number of amides is 1. The minimum atomic E-state index is -0.151. The molecule has 0 aromatic heterocycles. The molecule has 2 aromatic carbocycles. The number of Topliss-reactive ketones (excluding diaryl/α,β-unsaturated/α-hetero) is 1. The average molecular weight is 388 g/mol. The lowest BCUT2D eigenvalue weighted by Gasteiger charge is -2.43. The number of allylic oxidation sites excluding steroid dienone is 2. The van der Waals surface area contributed by atoms with Gasteiger partial charge in [0.15, 0.2) is 5.78 Å². The summed E-state index contributed by atoms with van der Waals surface area (Å²) in [7, 11) is 0. The lowest BCUT2D eigenvalue weighted by atomic mass is 9.69. The van der Waals surface area contributed by atoms with Gasteiger partial charge in [0.25, 0.3) is 0 Å². The Morgan fingerprint density at radius 3 is 2.24 bits per heavy atom. The van der Waals surface area contributed by atoms with E-state index in [1.54, 1.807) is 0 Å². The summed E-state index contributed by atoms with van der Waals surface area (Å²) in [4.78, 5) is 28.6. The summed E-state index contributed by atoms with van der Waals surface area (Å²) in [6.07, 6.45) is 1.60. The van der Waals surface area contributed by atoms with E-state index in [0.29, 0.717) is 12.8 Å². The molecular formula is C26H29NO2. The Hall–Kier alpha value is -2.68. The van der Waals surface area contributed by atoms with Crippen molar-refractivity contribution >= 4 is 17.4 Å². The lowest BCUT2D eigenvalue weighted by molar-refractivity contribution is -0.121. The van der Waals surface area contributed by atoms with Crippen molar-refractivity contribution in [1.29, 1.82) is 0 Å². The second-order valence-electron chi connectivity index (χ2n) is 9.49. The van der Waals surface area contributed by atoms with Crippen LogP contribution < -0.4 is 4.90 Å². The predicted molar refractivity (Wildman–Crippen MR) is 117 cm³/mol. The van der Waals surface area contributed by atoms with E-state index >= 15 is 0 Å². The highest BCUT2D eigenvalue weighted by Gasteiger charge is 2.44. The SMILES string of the molecule is Cc1ccc(C2CC(=O)N(c3cc(C)ccc3C)C3=C2C(=O)CC(C)(C)C3)cc1. The third-order valence-electron chi connectivity index (χ3n) is 6.23. The van der Waals surface area contributed by atoms with Crippen LogP contribution in [-0.4, -0.2) is 11.7 Å². The topological polar surface area (TPSA) is 37.4 Å². The normalized spacial score (nSPS) is 21.4. The summed E-state index contributed by atoms with van der Waals surface area (Å²) in [6.45, 7) is 10.4. The molecule has 1 heterocycles. The maximum Gasteiger partial charge on any atom is 0.232 e. The fourth-order valence-electron chi connectivity index (χ4n) is 4.74. The van der Waals surface area contributed by atoms with Gasteiger partial charge in [-0.05, 0) is 55.4 Å². The Kier molecular flexibility index (Phi) is 4.72. The van der Waals surface area contributed by atoms with E-state index in [2.05, 4.69) is 63.2 Å². The molecule has 0 N–H and O–H groups in total. The Labute approximate surface area is 173 Å². The molecular weight excluding hydrogens is 358 g/mol. The number of nitrogens with zero attached hydrogens (tertiary/aromatic N) is 1. The van der Waals surface area contributed by atoms with Crippen LogP contribution in [-0.2, 0) is 9.59 Å². The Morgan fingerprint density at radius 2 is 1.55 bits per heavy atom. The zero-order chi connectivity index (χ0) is 20.9. The van der Waals surface area contributed by atoms with Gasteiger partial charge in [0.1, 0.15) is 0 Å². The van der Waals surface area contributed by atoms with Crippen LogP contribution in [0.15, 0.2) is 53.7 Å². The first kappa shape index (κ1) is 19.6. The van der Waals surface area contributed by atoms with Gasteiger partial charge in [-0.1, -0.05) is 55.8 Å². The van der Waals surface area contributed by atoms with E-state index in [0.717, 1.165) is 40.1 Å². The molecule has 1 aliphatic carbocycles. The molecule has 2 aromatic rings. The third kappa shape index (κ3) is 3.55. The first-order chi connectivity index (χ1) is 13.7. The number of aryl methyl sites for hydroxylation is 3. The van der Waals surface area contributed by atoms with Crippen molar-refractivity contribution in [3.8, 4) is 0 Å². The van der Waals surface area contributed by atoms with E-state index in [1.807, 2.05) is 18.7 Å². The van der Waals surface area contributed by atoms with Gasteiger partial charge in [-0.2, -0.15) is 0 Å². The molecule has 29 heavy (non-hydrogen) atoms. The lowest BCUT2D eigenvalue weighted by Crippen LogP contribution is -2.44. The molecule has 0 spiro atoms. The third-order valence-corrected chi connectivity index (χ3v) is 6.23. The van der Waals surface area contributed by atoms with Gasteiger partial charge >= 0.3 is 0 Å². The largest absolute Gasteiger partial charge is 0.294 e. The smallest absolute Gasteiger partial charge is 0.232 e. The second-order valence-corrected chi connectivity index (χ2v) is 9.49. The quantitative estimate of drug-likeness (QED) is 0.655. The molecule has 1 amide bonds. The van der Waals surface area contributed by atoms with Gasteiger partial charge in [-0.3, -0.25) is 14.5 Å². The Balaban J connectivity index is 1.92. The van der Waals surface area contributed by atoms with E-state index in [1.165, 1.54) is 5.56 Å². The van der Waals surface area contributed by atoms with Crippen LogP contribution in [0.25, 0.3) is 0 Å². The number of carbonyl (C=O) groups excluding carboxylic acids is 2. The molecule has 1 unspecified atom stereocenters. The number of carbonyl (C=O) groups is 2. The van der Waals surface area contributed by atoms with Crippen molar-refractivity contribution in [2.75, 3.05) is 4.90 Å². The molecule has 1 aliphatic heterocycles.